The van der Waals surface area contributed by atoms with Gasteiger partial charge in [0, 0.05) is 12.8 Å². The van der Waals surface area contributed by atoms with Crippen LogP contribution in [0.15, 0.2) is 0 Å². The number of carbonyl (C=O) groups excluding carboxylic acids is 2. The second kappa shape index (κ2) is 7.16. The molecule has 0 aromatic carbocycles. The molecular formula is C8H14O3S. The molecule has 0 fully saturated rings. The number of carbonyl (C=O) groups is 2. The van der Waals surface area contributed by atoms with Crippen molar-refractivity contribution >= 4 is 23.7 Å². The highest BCUT2D eigenvalue weighted by molar-refractivity contribution is 7.96. The molecule has 0 aliphatic carbocycles. The number of rotatable bonds is 6. The second-order valence-corrected chi connectivity index (χ2v) is 3.03. The molecule has 0 aromatic rings. The molecule has 0 spiro atoms. The molecule has 0 saturated heterocycles. The van der Waals surface area contributed by atoms with Gasteiger partial charge in [0.1, 0.15) is 0 Å². The van der Waals surface area contributed by atoms with Crippen molar-refractivity contribution in [3.05, 3.63) is 0 Å². The molecule has 0 heterocycles. The summed E-state index contributed by atoms with van der Waals surface area (Å²) in [6.45, 7) is 0. The largest absolute Gasteiger partial charge is 0.469 e. The molecule has 0 aliphatic heterocycles. The predicted octanol–water partition coefficient (Wildman–Crippen LogP) is 1.57. The Morgan fingerprint density at radius 3 is 2.25 bits per heavy atom. The SMILES string of the molecule is COC(=O)CCCCCC(=O)S. The van der Waals surface area contributed by atoms with Crippen molar-refractivity contribution < 1.29 is 14.3 Å². The third-order valence-electron chi connectivity index (χ3n) is 1.50. The number of hydrogen-bond acceptors (Lipinski definition) is 3. The van der Waals surface area contributed by atoms with Gasteiger partial charge in [-0.25, -0.2) is 0 Å². The molecule has 0 radical (unpaired) electrons. The average molecular weight is 190 g/mol. The van der Waals surface area contributed by atoms with E-state index < -0.39 is 0 Å². The molecule has 0 saturated carbocycles. The van der Waals surface area contributed by atoms with Crippen LogP contribution in [0, 0.1) is 0 Å². The van der Waals surface area contributed by atoms with E-state index in [1.807, 2.05) is 0 Å². The van der Waals surface area contributed by atoms with Gasteiger partial charge in [0.25, 0.3) is 0 Å². The van der Waals surface area contributed by atoms with Crippen LogP contribution < -0.4 is 0 Å². The van der Waals surface area contributed by atoms with E-state index in [-0.39, 0.29) is 11.1 Å². The van der Waals surface area contributed by atoms with E-state index in [0.29, 0.717) is 12.8 Å². The van der Waals surface area contributed by atoms with Crippen molar-refractivity contribution in [1.29, 1.82) is 0 Å². The number of thiol groups is 1. The molecule has 0 aliphatic rings. The van der Waals surface area contributed by atoms with E-state index in [1.54, 1.807) is 0 Å². The fraction of sp³-hybridized carbons (Fsp3) is 0.750. The van der Waals surface area contributed by atoms with Crippen LogP contribution >= 0.6 is 12.6 Å². The lowest BCUT2D eigenvalue weighted by Gasteiger charge is -1.98. The summed E-state index contributed by atoms with van der Waals surface area (Å²) in [5, 5.41) is -0.0898. The van der Waals surface area contributed by atoms with Crippen LogP contribution in [-0.4, -0.2) is 18.2 Å². The summed E-state index contributed by atoms with van der Waals surface area (Å²) < 4.78 is 4.46. The van der Waals surface area contributed by atoms with Gasteiger partial charge in [-0.1, -0.05) is 6.42 Å². The van der Waals surface area contributed by atoms with Crippen LogP contribution in [0.3, 0.4) is 0 Å². The van der Waals surface area contributed by atoms with Crippen LogP contribution in [0.2, 0.25) is 0 Å². The monoisotopic (exact) mass is 190 g/mol. The van der Waals surface area contributed by atoms with Gasteiger partial charge in [0.15, 0.2) is 5.12 Å². The first kappa shape index (κ1) is 11.5. The summed E-state index contributed by atoms with van der Waals surface area (Å²) in [6.07, 6.45) is 3.40. The van der Waals surface area contributed by atoms with Gasteiger partial charge in [-0.3, -0.25) is 9.59 Å². The highest BCUT2D eigenvalue weighted by atomic mass is 32.1. The van der Waals surface area contributed by atoms with Crippen LogP contribution in [0.1, 0.15) is 32.1 Å². The molecule has 0 amide bonds. The highest BCUT2D eigenvalue weighted by Crippen LogP contribution is 2.05. The topological polar surface area (TPSA) is 43.4 Å². The van der Waals surface area contributed by atoms with E-state index in [0.717, 1.165) is 19.3 Å². The summed E-state index contributed by atoms with van der Waals surface area (Å²) in [4.78, 5) is 21.0. The van der Waals surface area contributed by atoms with Gasteiger partial charge in [-0.05, 0) is 12.8 Å². The minimum Gasteiger partial charge on any atom is -0.469 e. The van der Waals surface area contributed by atoms with Crippen molar-refractivity contribution in [3.63, 3.8) is 0 Å². The first-order valence-corrected chi connectivity index (χ1v) is 4.40. The van der Waals surface area contributed by atoms with Gasteiger partial charge in [-0.15, -0.1) is 12.6 Å². The Balaban J connectivity index is 3.11. The molecule has 0 unspecified atom stereocenters. The van der Waals surface area contributed by atoms with Gasteiger partial charge in [0.2, 0.25) is 0 Å². The Hall–Kier alpha value is -0.510. The van der Waals surface area contributed by atoms with Gasteiger partial charge in [-0.2, -0.15) is 0 Å². The van der Waals surface area contributed by atoms with Crippen LogP contribution in [0.25, 0.3) is 0 Å². The smallest absolute Gasteiger partial charge is 0.305 e. The fourth-order valence-electron chi connectivity index (χ4n) is 0.824. The van der Waals surface area contributed by atoms with Crippen molar-refractivity contribution in [1.82, 2.24) is 0 Å². The molecular weight excluding hydrogens is 176 g/mol. The molecule has 0 aromatic heterocycles. The van der Waals surface area contributed by atoms with E-state index >= 15 is 0 Å². The average Bonchev–Trinajstić information content (AvgIpc) is 2.03. The summed E-state index contributed by atoms with van der Waals surface area (Å²) in [7, 11) is 1.37. The lowest BCUT2D eigenvalue weighted by molar-refractivity contribution is -0.140. The third kappa shape index (κ3) is 7.60. The Bertz CT molecular complexity index is 156. The van der Waals surface area contributed by atoms with Crippen molar-refractivity contribution in [3.8, 4) is 0 Å². The zero-order chi connectivity index (χ0) is 9.40. The van der Waals surface area contributed by atoms with Crippen LogP contribution in [0.5, 0.6) is 0 Å². The lowest BCUT2D eigenvalue weighted by Crippen LogP contribution is -1.99. The van der Waals surface area contributed by atoms with Gasteiger partial charge >= 0.3 is 5.97 Å². The standard InChI is InChI=1S/C8H14O3S/c1-11-7(9)5-3-2-4-6-8(10)12/h2-6H2,1H3,(H,10,12). The quantitative estimate of drug-likeness (QED) is 0.393. The summed E-state index contributed by atoms with van der Waals surface area (Å²) in [5.74, 6) is -0.188. The van der Waals surface area contributed by atoms with Crippen molar-refractivity contribution in [2.45, 2.75) is 32.1 Å². The Morgan fingerprint density at radius 1 is 1.17 bits per heavy atom. The van der Waals surface area contributed by atoms with E-state index in [4.69, 9.17) is 0 Å². The summed E-state index contributed by atoms with van der Waals surface area (Å²) in [5.41, 5.74) is 0. The van der Waals surface area contributed by atoms with Crippen molar-refractivity contribution in [2.24, 2.45) is 0 Å². The molecule has 3 nitrogen and oxygen atoms in total. The molecule has 70 valence electrons. The fourth-order valence-corrected chi connectivity index (χ4v) is 0.983. The van der Waals surface area contributed by atoms with Crippen LogP contribution in [0.4, 0.5) is 0 Å². The number of hydrogen-bond donors (Lipinski definition) is 1. The molecule has 4 heteroatoms. The minimum absolute atomic E-state index is 0.0898. The normalized spacial score (nSPS) is 9.50. The third-order valence-corrected chi connectivity index (χ3v) is 1.72. The maximum atomic E-state index is 10.6. The predicted molar refractivity (Wildman–Crippen MR) is 49.1 cm³/mol. The maximum absolute atomic E-state index is 10.6. The summed E-state index contributed by atoms with van der Waals surface area (Å²) in [6, 6.07) is 0. The number of esters is 1. The molecule has 12 heavy (non-hydrogen) atoms. The Kier molecular flexibility index (Phi) is 6.85. The molecule has 0 N–H and O–H groups in total. The highest BCUT2D eigenvalue weighted by Gasteiger charge is 1.99. The Labute approximate surface area is 77.9 Å². The molecule has 0 atom stereocenters. The molecule has 0 rings (SSSR count). The summed E-state index contributed by atoms with van der Waals surface area (Å²) >= 11 is 3.63. The Morgan fingerprint density at radius 2 is 1.75 bits per heavy atom. The first-order valence-electron chi connectivity index (χ1n) is 3.95. The van der Waals surface area contributed by atoms with E-state index in [9.17, 15) is 9.59 Å². The number of ether oxygens (including phenoxy) is 1. The van der Waals surface area contributed by atoms with Crippen LogP contribution in [-0.2, 0) is 14.3 Å². The molecule has 0 bridgehead atoms. The lowest BCUT2D eigenvalue weighted by atomic mass is 10.1. The maximum Gasteiger partial charge on any atom is 0.305 e. The minimum atomic E-state index is -0.188. The van der Waals surface area contributed by atoms with Gasteiger partial charge < -0.3 is 4.74 Å². The zero-order valence-electron chi connectivity index (χ0n) is 7.21. The number of methoxy groups -OCH3 is 1. The second-order valence-electron chi connectivity index (χ2n) is 2.53. The van der Waals surface area contributed by atoms with E-state index in [2.05, 4.69) is 17.4 Å². The van der Waals surface area contributed by atoms with E-state index in [1.165, 1.54) is 7.11 Å². The zero-order valence-corrected chi connectivity index (χ0v) is 8.10. The number of unbranched alkanes of at least 4 members (excludes halogenated alkanes) is 2. The van der Waals surface area contributed by atoms with Gasteiger partial charge in [0.05, 0.1) is 7.11 Å². The van der Waals surface area contributed by atoms with Crippen molar-refractivity contribution in [2.75, 3.05) is 7.11 Å². The first-order chi connectivity index (χ1) is 5.66.